The first-order valence-corrected chi connectivity index (χ1v) is 3.21. The van der Waals surface area contributed by atoms with Crippen LogP contribution in [0.2, 0.25) is 0 Å². The van der Waals surface area contributed by atoms with Gasteiger partial charge in [-0.15, -0.1) is 0 Å². The fourth-order valence-corrected chi connectivity index (χ4v) is 1.00. The van der Waals surface area contributed by atoms with Gasteiger partial charge < -0.3 is 25.2 Å². The van der Waals surface area contributed by atoms with E-state index in [0.29, 0.717) is 0 Å². The van der Waals surface area contributed by atoms with Crippen LogP contribution in [0.1, 0.15) is 0 Å². The standard InChI is InChI=1S/C6H11O5/c1-3-4(8)5(9)6(10,2-7)11-3/h3-5,7-10H,1-2H2/t3-,4+,5+,6-/m1/s1. The van der Waals surface area contributed by atoms with E-state index in [2.05, 4.69) is 11.7 Å². The minimum Gasteiger partial charge on any atom is -0.391 e. The lowest BCUT2D eigenvalue weighted by atomic mass is 10.1. The van der Waals surface area contributed by atoms with Crippen LogP contribution in [-0.2, 0) is 4.74 Å². The Morgan fingerprint density at radius 3 is 2.18 bits per heavy atom. The zero-order valence-electron chi connectivity index (χ0n) is 5.84. The number of rotatable bonds is 1. The Balaban J connectivity index is 2.73. The van der Waals surface area contributed by atoms with Gasteiger partial charge in [0.2, 0.25) is 5.79 Å². The highest BCUT2D eigenvalue weighted by Gasteiger charge is 2.51. The molecule has 0 aromatic carbocycles. The van der Waals surface area contributed by atoms with Crippen molar-refractivity contribution in [2.24, 2.45) is 0 Å². The second-order valence-corrected chi connectivity index (χ2v) is 2.59. The number of aliphatic hydroxyl groups is 4. The maximum atomic E-state index is 9.19. The molecule has 0 amide bonds. The van der Waals surface area contributed by atoms with Crippen LogP contribution in [0.5, 0.6) is 0 Å². The summed E-state index contributed by atoms with van der Waals surface area (Å²) in [4.78, 5) is 0. The molecule has 4 atom stereocenters. The molecule has 0 aromatic rings. The third-order valence-electron chi connectivity index (χ3n) is 1.75. The van der Waals surface area contributed by atoms with Crippen LogP contribution in [-0.4, -0.2) is 51.1 Å². The fraction of sp³-hybridized carbons (Fsp3) is 0.833. The maximum Gasteiger partial charge on any atom is 0.219 e. The van der Waals surface area contributed by atoms with E-state index in [0.717, 1.165) is 0 Å². The van der Waals surface area contributed by atoms with Gasteiger partial charge >= 0.3 is 0 Å². The summed E-state index contributed by atoms with van der Waals surface area (Å²) in [5.74, 6) is -2.06. The Kier molecular flexibility index (Phi) is 2.17. The van der Waals surface area contributed by atoms with E-state index in [9.17, 15) is 5.11 Å². The SMILES string of the molecule is [CH2][C@H]1O[C@](O)(CO)[C@@H](O)[C@H]1O. The van der Waals surface area contributed by atoms with Crippen molar-refractivity contribution < 1.29 is 25.2 Å². The molecule has 65 valence electrons. The Morgan fingerprint density at radius 2 is 2.00 bits per heavy atom. The van der Waals surface area contributed by atoms with Gasteiger partial charge in [-0.25, -0.2) is 0 Å². The topological polar surface area (TPSA) is 90.2 Å². The molecule has 1 fully saturated rings. The fourth-order valence-electron chi connectivity index (χ4n) is 1.00. The Hall–Kier alpha value is -0.200. The first-order valence-electron chi connectivity index (χ1n) is 3.21. The van der Waals surface area contributed by atoms with Crippen LogP contribution < -0.4 is 0 Å². The van der Waals surface area contributed by atoms with Crippen molar-refractivity contribution in [1.29, 1.82) is 0 Å². The van der Waals surface area contributed by atoms with E-state index in [1.165, 1.54) is 0 Å². The van der Waals surface area contributed by atoms with Gasteiger partial charge in [0.1, 0.15) is 12.2 Å². The van der Waals surface area contributed by atoms with Gasteiger partial charge in [0.25, 0.3) is 0 Å². The zero-order chi connectivity index (χ0) is 8.65. The van der Waals surface area contributed by atoms with Crippen molar-refractivity contribution in [3.05, 3.63) is 6.92 Å². The average Bonchev–Trinajstić information content (AvgIpc) is 2.17. The van der Waals surface area contributed by atoms with E-state index in [1.807, 2.05) is 0 Å². The van der Waals surface area contributed by atoms with Crippen LogP contribution >= 0.6 is 0 Å². The molecule has 0 spiro atoms. The summed E-state index contributed by atoms with van der Waals surface area (Å²) in [7, 11) is 0. The summed E-state index contributed by atoms with van der Waals surface area (Å²) in [5.41, 5.74) is 0. The third-order valence-corrected chi connectivity index (χ3v) is 1.75. The Morgan fingerprint density at radius 1 is 1.45 bits per heavy atom. The molecule has 1 radical (unpaired) electrons. The predicted molar refractivity (Wildman–Crippen MR) is 34.3 cm³/mol. The summed E-state index contributed by atoms with van der Waals surface area (Å²) in [5, 5.41) is 35.8. The van der Waals surface area contributed by atoms with Crippen molar-refractivity contribution in [1.82, 2.24) is 0 Å². The summed E-state index contributed by atoms with van der Waals surface area (Å²) in [6, 6.07) is 0. The van der Waals surface area contributed by atoms with Crippen molar-refractivity contribution >= 4 is 0 Å². The highest BCUT2D eigenvalue weighted by Crippen LogP contribution is 2.27. The zero-order valence-corrected chi connectivity index (χ0v) is 5.84. The molecule has 0 unspecified atom stereocenters. The quantitative estimate of drug-likeness (QED) is 0.346. The molecule has 4 N–H and O–H groups in total. The summed E-state index contributed by atoms with van der Waals surface area (Å²) in [6.45, 7) is 2.54. The van der Waals surface area contributed by atoms with Crippen LogP contribution in [0, 0.1) is 6.92 Å². The van der Waals surface area contributed by atoms with Gasteiger partial charge in [-0.1, -0.05) is 0 Å². The van der Waals surface area contributed by atoms with Crippen LogP contribution in [0.3, 0.4) is 0 Å². The normalized spacial score (nSPS) is 51.5. The van der Waals surface area contributed by atoms with Gasteiger partial charge in [-0.05, 0) is 6.92 Å². The van der Waals surface area contributed by atoms with Gasteiger partial charge in [-0.2, -0.15) is 0 Å². The second-order valence-electron chi connectivity index (χ2n) is 2.59. The first-order chi connectivity index (χ1) is 5.01. The molecule has 1 aliphatic heterocycles. The molecule has 5 nitrogen and oxygen atoms in total. The Bertz CT molecular complexity index is 150. The molecule has 5 heteroatoms. The lowest BCUT2D eigenvalue weighted by molar-refractivity contribution is -0.241. The molecule has 0 aromatic heterocycles. The minimum absolute atomic E-state index is 0.767. The monoisotopic (exact) mass is 163 g/mol. The van der Waals surface area contributed by atoms with Gasteiger partial charge in [0.15, 0.2) is 0 Å². The second kappa shape index (κ2) is 2.69. The lowest BCUT2D eigenvalue weighted by Gasteiger charge is -2.22. The average molecular weight is 163 g/mol. The molecular weight excluding hydrogens is 152 g/mol. The summed E-state index contributed by atoms with van der Waals surface area (Å²) >= 11 is 0. The van der Waals surface area contributed by atoms with Gasteiger partial charge in [0, 0.05) is 0 Å². The minimum atomic E-state index is -2.06. The van der Waals surface area contributed by atoms with Gasteiger partial charge in [-0.3, -0.25) is 0 Å². The number of hydrogen-bond donors (Lipinski definition) is 4. The molecule has 1 saturated heterocycles. The van der Waals surface area contributed by atoms with E-state index in [-0.39, 0.29) is 0 Å². The molecule has 11 heavy (non-hydrogen) atoms. The molecule has 0 saturated carbocycles. The number of aliphatic hydroxyl groups excluding tert-OH is 3. The third kappa shape index (κ3) is 1.25. The smallest absolute Gasteiger partial charge is 0.219 e. The molecule has 1 aliphatic rings. The molecule has 0 bridgehead atoms. The van der Waals surface area contributed by atoms with Crippen molar-refractivity contribution in [2.45, 2.75) is 24.1 Å². The van der Waals surface area contributed by atoms with Gasteiger partial charge in [0.05, 0.1) is 12.7 Å². The maximum absolute atomic E-state index is 9.19. The van der Waals surface area contributed by atoms with Crippen LogP contribution in [0.25, 0.3) is 0 Å². The van der Waals surface area contributed by atoms with Crippen LogP contribution in [0.4, 0.5) is 0 Å². The summed E-state index contributed by atoms with van der Waals surface area (Å²) < 4.78 is 4.62. The highest BCUT2D eigenvalue weighted by molar-refractivity contribution is 4.95. The number of ether oxygens (including phenoxy) is 1. The highest BCUT2D eigenvalue weighted by atomic mass is 16.7. The van der Waals surface area contributed by atoms with Crippen molar-refractivity contribution in [3.63, 3.8) is 0 Å². The van der Waals surface area contributed by atoms with E-state index in [4.69, 9.17) is 15.3 Å². The predicted octanol–water partition coefficient (Wildman–Crippen LogP) is -2.38. The largest absolute Gasteiger partial charge is 0.391 e. The number of hydrogen-bond acceptors (Lipinski definition) is 5. The molecule has 1 rings (SSSR count). The van der Waals surface area contributed by atoms with Crippen molar-refractivity contribution in [2.75, 3.05) is 6.61 Å². The van der Waals surface area contributed by atoms with Crippen molar-refractivity contribution in [3.8, 4) is 0 Å². The molecular formula is C6H11O5. The first kappa shape index (κ1) is 8.89. The van der Waals surface area contributed by atoms with E-state index < -0.39 is 30.7 Å². The summed E-state index contributed by atoms with van der Waals surface area (Å²) in [6.07, 6.45) is -3.68. The molecule has 0 aliphatic carbocycles. The van der Waals surface area contributed by atoms with E-state index in [1.54, 1.807) is 0 Å². The van der Waals surface area contributed by atoms with Crippen LogP contribution in [0.15, 0.2) is 0 Å². The Labute approximate surface area is 63.8 Å². The van der Waals surface area contributed by atoms with E-state index >= 15 is 0 Å². The molecule has 1 heterocycles. The lowest BCUT2D eigenvalue weighted by Crippen LogP contribution is -2.46.